The summed E-state index contributed by atoms with van der Waals surface area (Å²) >= 11 is 0. The second-order valence-corrected chi connectivity index (χ2v) is 11.4. The van der Waals surface area contributed by atoms with Crippen LogP contribution in [0.4, 0.5) is 22.9 Å². The first-order valence-corrected chi connectivity index (χ1v) is 15.1. The number of nitrogens with one attached hydrogen (secondary N) is 1. The third-order valence-electron chi connectivity index (χ3n) is 8.85. The average molecular weight is 565 g/mol. The van der Waals surface area contributed by atoms with Crippen LogP contribution in [-0.2, 0) is 0 Å². The van der Waals surface area contributed by atoms with Crippen molar-refractivity contribution in [3.63, 3.8) is 0 Å². The number of nitrogens with zero attached hydrogens (tertiary/aromatic N) is 1. The van der Waals surface area contributed by atoms with Gasteiger partial charge in [-0.25, -0.2) is 0 Å². The van der Waals surface area contributed by atoms with Crippen LogP contribution in [0.5, 0.6) is 0 Å². The van der Waals surface area contributed by atoms with Crippen LogP contribution >= 0.6 is 0 Å². The van der Waals surface area contributed by atoms with Crippen molar-refractivity contribution in [2.45, 2.75) is 0 Å². The lowest BCUT2D eigenvalue weighted by molar-refractivity contribution is 0.628. The van der Waals surface area contributed by atoms with Gasteiger partial charge in [-0.05, 0) is 85.9 Å². The molecule has 1 aromatic heterocycles. The van der Waals surface area contributed by atoms with Crippen LogP contribution in [0.15, 0.2) is 150 Å². The minimum Gasteiger partial charge on any atom is -0.440 e. The number of hydrogen-bond acceptors (Lipinski definition) is 3. The Morgan fingerprint density at radius 1 is 0.500 bits per heavy atom. The molecule has 0 saturated heterocycles. The normalized spacial score (nSPS) is 12.5. The smallest absolute Gasteiger partial charge is 0.201 e. The van der Waals surface area contributed by atoms with Crippen molar-refractivity contribution in [3.8, 4) is 11.1 Å². The molecule has 1 aliphatic rings. The fourth-order valence-electron chi connectivity index (χ4n) is 6.69. The van der Waals surface area contributed by atoms with Crippen LogP contribution in [-0.4, -0.2) is 6.54 Å². The molecule has 0 radical (unpaired) electrons. The van der Waals surface area contributed by atoms with E-state index >= 15 is 0 Å². The Hall–Kier alpha value is -5.80. The van der Waals surface area contributed by atoms with Crippen molar-refractivity contribution in [1.82, 2.24) is 0 Å². The third kappa shape index (κ3) is 3.98. The first kappa shape index (κ1) is 24.8. The van der Waals surface area contributed by atoms with Crippen LogP contribution in [0.1, 0.15) is 5.56 Å². The SMILES string of the molecule is C1=Cc2c(oc3ccc(N(c4ccc(-c5ccccc5)cc4)c4ccc5ccc6c7ccccc7ccc6c5c4)cc23)NC1. The van der Waals surface area contributed by atoms with Crippen molar-refractivity contribution in [3.05, 3.63) is 151 Å². The predicted octanol–water partition coefficient (Wildman–Crippen LogP) is 11.5. The first-order valence-electron chi connectivity index (χ1n) is 15.1. The molecule has 0 unspecified atom stereocenters. The summed E-state index contributed by atoms with van der Waals surface area (Å²) in [7, 11) is 0. The molecule has 7 aromatic carbocycles. The maximum absolute atomic E-state index is 6.16. The van der Waals surface area contributed by atoms with Crippen molar-refractivity contribution in [1.29, 1.82) is 0 Å². The fraction of sp³-hybridized carbons (Fsp3) is 0.0244. The van der Waals surface area contributed by atoms with Crippen molar-refractivity contribution >= 4 is 72.3 Å². The molecule has 0 spiro atoms. The quantitative estimate of drug-likeness (QED) is 0.216. The van der Waals surface area contributed by atoms with Crippen LogP contribution in [0, 0.1) is 0 Å². The molecule has 44 heavy (non-hydrogen) atoms. The fourth-order valence-corrected chi connectivity index (χ4v) is 6.69. The lowest BCUT2D eigenvalue weighted by Crippen LogP contribution is -2.10. The molecule has 0 aliphatic carbocycles. The van der Waals surface area contributed by atoms with Gasteiger partial charge in [-0.2, -0.15) is 0 Å². The largest absolute Gasteiger partial charge is 0.440 e. The van der Waals surface area contributed by atoms with Gasteiger partial charge >= 0.3 is 0 Å². The van der Waals surface area contributed by atoms with Gasteiger partial charge in [-0.15, -0.1) is 0 Å². The topological polar surface area (TPSA) is 28.4 Å². The van der Waals surface area contributed by atoms with E-state index in [4.69, 9.17) is 4.42 Å². The summed E-state index contributed by atoms with van der Waals surface area (Å²) in [4.78, 5) is 2.35. The third-order valence-corrected chi connectivity index (χ3v) is 8.85. The number of anilines is 4. The number of hydrogen-bond donors (Lipinski definition) is 1. The van der Waals surface area contributed by atoms with Crippen molar-refractivity contribution in [2.75, 3.05) is 16.8 Å². The summed E-state index contributed by atoms with van der Waals surface area (Å²) in [6.07, 6.45) is 4.30. The highest BCUT2D eigenvalue weighted by molar-refractivity contribution is 6.17. The molecule has 1 N–H and O–H groups in total. The maximum atomic E-state index is 6.16. The molecule has 1 aliphatic heterocycles. The zero-order valence-corrected chi connectivity index (χ0v) is 24.0. The van der Waals surface area contributed by atoms with E-state index in [0.29, 0.717) is 0 Å². The second kappa shape index (κ2) is 9.89. The molecular weight excluding hydrogens is 536 g/mol. The van der Waals surface area contributed by atoms with Gasteiger partial charge in [0.1, 0.15) is 5.58 Å². The van der Waals surface area contributed by atoms with Gasteiger partial charge < -0.3 is 14.6 Å². The van der Waals surface area contributed by atoms with Gasteiger partial charge in [0.2, 0.25) is 5.88 Å². The number of rotatable bonds is 4. The van der Waals surface area contributed by atoms with Gasteiger partial charge in [0, 0.05) is 34.6 Å². The van der Waals surface area contributed by atoms with Gasteiger partial charge in [0.25, 0.3) is 0 Å². The highest BCUT2D eigenvalue weighted by Crippen LogP contribution is 2.42. The average Bonchev–Trinajstić information content (AvgIpc) is 3.47. The molecule has 0 amide bonds. The predicted molar refractivity (Wildman–Crippen MR) is 186 cm³/mol. The first-order chi connectivity index (χ1) is 21.8. The lowest BCUT2D eigenvalue weighted by Gasteiger charge is -2.26. The van der Waals surface area contributed by atoms with Crippen molar-refractivity contribution in [2.24, 2.45) is 0 Å². The maximum Gasteiger partial charge on any atom is 0.201 e. The van der Waals surface area contributed by atoms with Gasteiger partial charge in [0.15, 0.2) is 0 Å². The molecule has 9 rings (SSSR count). The van der Waals surface area contributed by atoms with E-state index in [2.05, 4.69) is 162 Å². The summed E-state index contributed by atoms with van der Waals surface area (Å²) in [5.41, 5.74) is 7.67. The highest BCUT2D eigenvalue weighted by atomic mass is 16.3. The minimum absolute atomic E-state index is 0.778. The second-order valence-electron chi connectivity index (χ2n) is 11.4. The molecule has 0 fully saturated rings. The monoisotopic (exact) mass is 564 g/mol. The Labute approximate surface area is 255 Å². The summed E-state index contributed by atoms with van der Waals surface area (Å²) in [6, 6.07) is 50.4. The molecule has 208 valence electrons. The van der Waals surface area contributed by atoms with Crippen LogP contribution in [0.25, 0.3) is 60.5 Å². The van der Waals surface area contributed by atoms with Crippen molar-refractivity contribution < 1.29 is 4.42 Å². The number of fused-ring (bicyclic) bond motifs is 8. The summed E-state index contributed by atoms with van der Waals surface area (Å²) in [6.45, 7) is 0.778. The molecular formula is C41H28N2O. The molecule has 3 nitrogen and oxygen atoms in total. The van der Waals surface area contributed by atoms with E-state index < -0.39 is 0 Å². The van der Waals surface area contributed by atoms with E-state index in [-0.39, 0.29) is 0 Å². The molecule has 8 aromatic rings. The summed E-state index contributed by atoms with van der Waals surface area (Å²) < 4.78 is 6.16. The highest BCUT2D eigenvalue weighted by Gasteiger charge is 2.19. The molecule has 3 heteroatoms. The van der Waals surface area contributed by atoms with E-state index in [9.17, 15) is 0 Å². The van der Waals surface area contributed by atoms with Gasteiger partial charge in [0.05, 0.1) is 0 Å². The van der Waals surface area contributed by atoms with E-state index in [1.165, 1.54) is 43.4 Å². The van der Waals surface area contributed by atoms with E-state index in [1.807, 2.05) is 0 Å². The number of furan rings is 1. The minimum atomic E-state index is 0.778. The Morgan fingerprint density at radius 2 is 1.14 bits per heavy atom. The number of benzene rings is 7. The Kier molecular flexibility index (Phi) is 5.57. The Morgan fingerprint density at radius 3 is 1.98 bits per heavy atom. The van der Waals surface area contributed by atoms with Gasteiger partial charge in [-0.1, -0.05) is 109 Å². The zero-order valence-electron chi connectivity index (χ0n) is 24.0. The molecule has 0 saturated carbocycles. The standard InChI is InChI=1S/C41H28N2O/c1-2-7-27(8-3-1)28-12-17-31(18-13-28)43(33-20-23-40-39(26-33)37-11-6-24-42-41(37)44-40)32-19-14-30-16-21-35-34-10-5-4-9-29(34)15-22-36(35)38(30)25-32/h1-23,25-26,42H,24H2. The lowest BCUT2D eigenvalue weighted by atomic mass is 9.96. The van der Waals surface area contributed by atoms with Gasteiger partial charge in [-0.3, -0.25) is 0 Å². The zero-order chi connectivity index (χ0) is 29.0. The van der Waals surface area contributed by atoms with Crippen LogP contribution in [0.2, 0.25) is 0 Å². The van der Waals surface area contributed by atoms with E-state index in [1.54, 1.807) is 0 Å². The molecule has 2 heterocycles. The summed E-state index contributed by atoms with van der Waals surface area (Å²) in [5.74, 6) is 0.836. The Balaban J connectivity index is 1.25. The molecule has 0 bridgehead atoms. The molecule has 0 atom stereocenters. The Bertz CT molecular complexity index is 2380. The van der Waals surface area contributed by atoms with E-state index in [0.717, 1.165) is 46.0 Å². The summed E-state index contributed by atoms with van der Waals surface area (Å²) in [5, 5.41) is 12.0. The van der Waals surface area contributed by atoms with Crippen LogP contribution < -0.4 is 10.2 Å². The van der Waals surface area contributed by atoms with Crippen LogP contribution in [0.3, 0.4) is 0 Å².